The monoisotopic (exact) mass is 564 g/mol. The maximum absolute atomic E-state index is 13.1. The van der Waals surface area contributed by atoms with Crippen LogP contribution in [0.4, 0.5) is 16.2 Å². The van der Waals surface area contributed by atoms with E-state index in [2.05, 4.69) is 16.1 Å². The molecule has 0 aliphatic rings. The molecule has 0 aliphatic heterocycles. The van der Waals surface area contributed by atoms with E-state index in [-0.39, 0.29) is 18.7 Å². The highest BCUT2D eigenvalue weighted by molar-refractivity contribution is 6.01. The highest BCUT2D eigenvalue weighted by Gasteiger charge is 2.25. The zero-order valence-electron chi connectivity index (χ0n) is 23.8. The first-order valence-electron chi connectivity index (χ1n) is 13.0. The predicted octanol–water partition coefficient (Wildman–Crippen LogP) is 4.78. The number of ether oxygens (including phenoxy) is 3. The molecule has 0 aromatic heterocycles. The summed E-state index contributed by atoms with van der Waals surface area (Å²) < 4.78 is 16.1. The Labute approximate surface area is 239 Å². The van der Waals surface area contributed by atoms with Gasteiger partial charge in [-0.3, -0.25) is 15.0 Å². The van der Waals surface area contributed by atoms with Crippen LogP contribution < -0.4 is 30.3 Å². The first-order valence-corrected chi connectivity index (χ1v) is 13.0. The molecule has 11 heteroatoms. The summed E-state index contributed by atoms with van der Waals surface area (Å²) in [5.74, 6) is -0.00990. The smallest absolute Gasteiger partial charge is 0.323 e. The van der Waals surface area contributed by atoms with Crippen molar-refractivity contribution in [3.05, 3.63) is 77.4 Å². The number of carboxylic acids is 1. The van der Waals surface area contributed by atoms with Gasteiger partial charge in [-0.25, -0.2) is 9.80 Å². The van der Waals surface area contributed by atoms with E-state index in [1.165, 1.54) is 21.3 Å². The van der Waals surface area contributed by atoms with E-state index in [4.69, 9.17) is 14.2 Å². The number of urea groups is 1. The zero-order valence-corrected chi connectivity index (χ0v) is 23.8. The summed E-state index contributed by atoms with van der Waals surface area (Å²) >= 11 is 0. The van der Waals surface area contributed by atoms with E-state index >= 15 is 0 Å². The summed E-state index contributed by atoms with van der Waals surface area (Å²) in [6.45, 7) is 4.06. The van der Waals surface area contributed by atoms with Crippen molar-refractivity contribution in [1.29, 1.82) is 0 Å². The van der Waals surface area contributed by atoms with Crippen molar-refractivity contribution in [1.82, 2.24) is 10.4 Å². The number of methoxy groups -OCH3 is 3. The SMILES string of the molecule is CCN(NC(=O)Cc1ccc(NC(=O)Nc2ccccc2C)c(OC)c1)C(CC(=O)O)c1ccc(OC)c(OC)c1. The third kappa shape index (κ3) is 8.36. The lowest BCUT2D eigenvalue weighted by atomic mass is 10.0. The average molecular weight is 565 g/mol. The highest BCUT2D eigenvalue weighted by atomic mass is 16.5. The molecular formula is C30H36N4O7. The van der Waals surface area contributed by atoms with Gasteiger partial charge in [-0.1, -0.05) is 37.3 Å². The van der Waals surface area contributed by atoms with E-state index in [1.807, 2.05) is 32.0 Å². The van der Waals surface area contributed by atoms with Crippen LogP contribution in [0.3, 0.4) is 0 Å². The summed E-state index contributed by atoms with van der Waals surface area (Å²) in [7, 11) is 4.49. The fraction of sp³-hybridized carbons (Fsp3) is 0.300. The first kappa shape index (κ1) is 30.8. The summed E-state index contributed by atoms with van der Waals surface area (Å²) in [6, 6.07) is 16.5. The third-order valence-corrected chi connectivity index (χ3v) is 6.42. The predicted molar refractivity (Wildman–Crippen MR) is 156 cm³/mol. The number of carboxylic acid groups (broad SMARTS) is 1. The molecule has 0 radical (unpaired) electrons. The number of nitrogens with one attached hydrogen (secondary N) is 3. The van der Waals surface area contributed by atoms with Crippen molar-refractivity contribution < 1.29 is 33.7 Å². The van der Waals surface area contributed by atoms with Crippen LogP contribution in [0.2, 0.25) is 0 Å². The Bertz CT molecular complexity index is 1380. The van der Waals surface area contributed by atoms with Crippen LogP contribution in [-0.4, -0.2) is 55.9 Å². The number of carbonyl (C=O) groups excluding carboxylic acids is 2. The van der Waals surface area contributed by atoms with Crippen LogP contribution in [0.1, 0.15) is 36.1 Å². The van der Waals surface area contributed by atoms with Gasteiger partial charge in [0, 0.05) is 12.2 Å². The van der Waals surface area contributed by atoms with Crippen LogP contribution in [-0.2, 0) is 16.0 Å². The number of hydrogen-bond acceptors (Lipinski definition) is 7. The molecule has 218 valence electrons. The number of aryl methyl sites for hydroxylation is 1. The Balaban J connectivity index is 1.72. The molecule has 3 amide bonds. The van der Waals surface area contributed by atoms with Crippen molar-refractivity contribution in [3.8, 4) is 17.2 Å². The number of hydrogen-bond donors (Lipinski definition) is 4. The van der Waals surface area contributed by atoms with Crippen LogP contribution in [0.5, 0.6) is 17.2 Å². The van der Waals surface area contributed by atoms with Gasteiger partial charge in [0.1, 0.15) is 5.75 Å². The van der Waals surface area contributed by atoms with E-state index in [1.54, 1.807) is 47.5 Å². The second kappa shape index (κ2) is 14.6. The molecule has 0 heterocycles. The zero-order chi connectivity index (χ0) is 29.9. The van der Waals surface area contributed by atoms with E-state index in [9.17, 15) is 19.5 Å². The standard InChI is InChI=1S/C30H36N4O7/c1-6-34(24(18-29(36)37)21-12-14-25(39-3)27(17-21)41-5)33-28(35)16-20-11-13-23(26(15-20)40-4)32-30(38)31-22-10-8-7-9-19(22)2/h7-15,17,24H,6,16,18H2,1-5H3,(H,33,35)(H,36,37)(H2,31,32,38). The second-order valence-corrected chi connectivity index (χ2v) is 9.15. The molecule has 1 atom stereocenters. The lowest BCUT2D eigenvalue weighted by Gasteiger charge is -2.30. The Kier molecular flexibility index (Phi) is 10.9. The summed E-state index contributed by atoms with van der Waals surface area (Å²) in [6.07, 6.45) is -0.253. The number of nitrogens with zero attached hydrogens (tertiary/aromatic N) is 1. The maximum Gasteiger partial charge on any atom is 0.323 e. The van der Waals surface area contributed by atoms with Crippen molar-refractivity contribution in [3.63, 3.8) is 0 Å². The number of aliphatic carboxylic acids is 1. The van der Waals surface area contributed by atoms with Gasteiger partial charge >= 0.3 is 12.0 Å². The van der Waals surface area contributed by atoms with Crippen LogP contribution in [0.15, 0.2) is 60.7 Å². The van der Waals surface area contributed by atoms with Gasteiger partial charge in [-0.15, -0.1) is 0 Å². The van der Waals surface area contributed by atoms with Gasteiger partial charge in [0.2, 0.25) is 5.91 Å². The molecule has 3 aromatic carbocycles. The molecular weight excluding hydrogens is 528 g/mol. The Hall–Kier alpha value is -4.77. The maximum atomic E-state index is 13.1. The fourth-order valence-corrected chi connectivity index (χ4v) is 4.33. The minimum Gasteiger partial charge on any atom is -0.495 e. The number of carbonyl (C=O) groups is 3. The molecule has 0 saturated carbocycles. The molecule has 0 aliphatic carbocycles. The molecule has 3 aromatic rings. The van der Waals surface area contributed by atoms with Gasteiger partial charge in [-0.05, 0) is 53.9 Å². The van der Waals surface area contributed by atoms with Crippen LogP contribution >= 0.6 is 0 Å². The molecule has 4 N–H and O–H groups in total. The summed E-state index contributed by atoms with van der Waals surface area (Å²) in [5.41, 5.74) is 6.18. The second-order valence-electron chi connectivity index (χ2n) is 9.15. The normalized spacial score (nSPS) is 11.4. The van der Waals surface area contributed by atoms with E-state index < -0.39 is 18.0 Å². The topological polar surface area (TPSA) is 138 Å². The van der Waals surface area contributed by atoms with Crippen molar-refractivity contribution in [2.75, 3.05) is 38.5 Å². The number of anilines is 2. The molecule has 0 bridgehead atoms. The first-order chi connectivity index (χ1) is 19.7. The molecule has 0 spiro atoms. The summed E-state index contributed by atoms with van der Waals surface area (Å²) in [5, 5.41) is 16.7. The Morgan fingerprint density at radius 3 is 2.17 bits per heavy atom. The van der Waals surface area contributed by atoms with E-state index in [0.717, 1.165) is 5.56 Å². The number of amides is 3. The van der Waals surface area contributed by atoms with Gasteiger partial charge in [0.15, 0.2) is 11.5 Å². The Morgan fingerprint density at radius 1 is 0.854 bits per heavy atom. The molecule has 1 unspecified atom stereocenters. The van der Waals surface area contributed by atoms with Crippen molar-refractivity contribution >= 4 is 29.3 Å². The van der Waals surface area contributed by atoms with E-state index in [0.29, 0.717) is 46.3 Å². The van der Waals surface area contributed by atoms with Gasteiger partial charge in [0.25, 0.3) is 0 Å². The van der Waals surface area contributed by atoms with Crippen LogP contribution in [0.25, 0.3) is 0 Å². The van der Waals surface area contributed by atoms with Crippen LogP contribution in [0, 0.1) is 6.92 Å². The number of rotatable bonds is 13. The largest absolute Gasteiger partial charge is 0.495 e. The quantitative estimate of drug-likeness (QED) is 0.218. The third-order valence-electron chi connectivity index (χ3n) is 6.42. The number of para-hydroxylation sites is 1. The lowest BCUT2D eigenvalue weighted by Crippen LogP contribution is -2.45. The Morgan fingerprint density at radius 2 is 1.54 bits per heavy atom. The molecule has 0 saturated heterocycles. The number of hydrazine groups is 1. The van der Waals surface area contributed by atoms with Gasteiger partial charge in [-0.2, -0.15) is 0 Å². The molecule has 3 rings (SSSR count). The van der Waals surface area contributed by atoms with Crippen molar-refractivity contribution in [2.24, 2.45) is 0 Å². The average Bonchev–Trinajstić information content (AvgIpc) is 2.96. The van der Waals surface area contributed by atoms with Gasteiger partial charge < -0.3 is 30.0 Å². The summed E-state index contributed by atoms with van der Waals surface area (Å²) in [4.78, 5) is 37.3. The molecule has 11 nitrogen and oxygen atoms in total. The molecule has 0 fully saturated rings. The minimum atomic E-state index is -1.02. The molecule has 41 heavy (non-hydrogen) atoms. The number of benzene rings is 3. The highest BCUT2D eigenvalue weighted by Crippen LogP contribution is 2.33. The van der Waals surface area contributed by atoms with Crippen molar-refractivity contribution in [2.45, 2.75) is 32.7 Å². The minimum absolute atomic E-state index is 0.00568. The fourth-order valence-electron chi connectivity index (χ4n) is 4.33. The van der Waals surface area contributed by atoms with Gasteiger partial charge in [0.05, 0.1) is 45.9 Å². The lowest BCUT2D eigenvalue weighted by molar-refractivity contribution is -0.140.